The van der Waals surface area contributed by atoms with Crippen LogP contribution in [-0.2, 0) is 0 Å². The Morgan fingerprint density at radius 1 is 0.256 bits per heavy atom. The summed E-state index contributed by atoms with van der Waals surface area (Å²) in [5, 5.41) is 0. The molecule has 0 spiro atoms. The van der Waals surface area contributed by atoms with Crippen LogP contribution in [0.2, 0.25) is 0 Å². The van der Waals surface area contributed by atoms with Gasteiger partial charge in [-0.1, -0.05) is 212 Å². The molecule has 8 heteroatoms. The molecule has 0 N–H and O–H groups in total. The second-order valence-electron chi connectivity index (χ2n) is 22.3. The normalized spacial score (nSPS) is 12.7. The fourth-order valence-electron chi connectivity index (χ4n) is 13.9. The minimum Gasteiger partial charge on any atom is -0.458 e. The quantitative estimate of drug-likeness (QED) is 0.127. The first-order chi connectivity index (χ1) is 42.7. The summed E-state index contributed by atoms with van der Waals surface area (Å²) in [7, 11) is 0. The molecule has 13 aromatic rings. The van der Waals surface area contributed by atoms with Crippen molar-refractivity contribution in [3.05, 3.63) is 315 Å². The molecule has 0 unspecified atom stereocenters. The average Bonchev–Trinajstić information content (AvgIpc) is 0.755. The van der Waals surface area contributed by atoms with E-state index < -0.39 is 0 Å². The molecule has 0 aliphatic carbocycles. The van der Waals surface area contributed by atoms with Crippen molar-refractivity contribution in [3.8, 4) is 45.3 Å². The molecule has 0 bridgehead atoms. The van der Waals surface area contributed by atoms with Crippen molar-refractivity contribution >= 4 is 114 Å². The molecule has 0 saturated heterocycles. The zero-order valence-corrected chi connectivity index (χ0v) is 46.8. The van der Waals surface area contributed by atoms with Gasteiger partial charge in [-0.15, -0.1) is 0 Å². The number of ether oxygens (including phenoxy) is 2. The van der Waals surface area contributed by atoms with E-state index in [1.165, 1.54) is 10.9 Å². The van der Waals surface area contributed by atoms with E-state index >= 15 is 0 Å². The van der Waals surface area contributed by atoms with Crippen molar-refractivity contribution in [2.45, 2.75) is 0 Å². The van der Waals surface area contributed by atoms with Gasteiger partial charge in [-0.2, -0.15) is 0 Å². The van der Waals surface area contributed by atoms with Crippen molar-refractivity contribution in [1.82, 2.24) is 0 Å². The molecule has 6 nitrogen and oxygen atoms in total. The van der Waals surface area contributed by atoms with Crippen LogP contribution in [0, 0.1) is 0 Å². The van der Waals surface area contributed by atoms with Crippen molar-refractivity contribution in [1.29, 1.82) is 0 Å². The molecule has 4 aliphatic heterocycles. The summed E-state index contributed by atoms with van der Waals surface area (Å²) in [5.74, 6) is 3.33. The molecule has 0 fully saturated rings. The van der Waals surface area contributed by atoms with E-state index in [-0.39, 0.29) is 13.4 Å². The number of hydrogen-bond donors (Lipinski definition) is 0. The van der Waals surface area contributed by atoms with Gasteiger partial charge in [0.1, 0.15) is 23.0 Å². The number of benzene rings is 13. The van der Waals surface area contributed by atoms with Gasteiger partial charge in [0.05, 0.1) is 22.7 Å². The SMILES string of the molecule is c1ccc(-c2ccccc2N(c2ccccc2)c2cc3c4c(c2)N(c2ccccc2)c2cc5c(cc2B4c2ccccc2O3)B2c3ccccc3Oc3cc(N(c4ccccc4)c4ccccc4)cc(c32)N5c2ccccc2-c2ccccc2)cc1. The Bertz CT molecular complexity index is 4710. The molecule has 0 amide bonds. The van der Waals surface area contributed by atoms with Gasteiger partial charge >= 0.3 is 0 Å². The topological polar surface area (TPSA) is 31.4 Å². The molecule has 0 radical (unpaired) electrons. The number of hydrogen-bond acceptors (Lipinski definition) is 6. The molecule has 86 heavy (non-hydrogen) atoms. The lowest BCUT2D eigenvalue weighted by atomic mass is 9.31. The van der Waals surface area contributed by atoms with E-state index in [9.17, 15) is 0 Å². The smallest absolute Gasteiger partial charge is 0.256 e. The maximum Gasteiger partial charge on any atom is 0.256 e. The predicted molar refractivity (Wildman–Crippen MR) is 358 cm³/mol. The maximum atomic E-state index is 7.32. The molecule has 4 heterocycles. The van der Waals surface area contributed by atoms with Gasteiger partial charge in [-0.3, -0.25) is 0 Å². The molecule has 402 valence electrons. The van der Waals surface area contributed by atoms with Gasteiger partial charge in [0.2, 0.25) is 0 Å². The third-order valence-electron chi connectivity index (χ3n) is 17.5. The zero-order valence-electron chi connectivity index (χ0n) is 46.8. The minimum absolute atomic E-state index is 0.199. The van der Waals surface area contributed by atoms with Gasteiger partial charge in [0, 0.05) is 68.8 Å². The third-order valence-corrected chi connectivity index (χ3v) is 17.5. The van der Waals surface area contributed by atoms with Crippen molar-refractivity contribution in [3.63, 3.8) is 0 Å². The third kappa shape index (κ3) is 7.98. The summed E-state index contributed by atoms with van der Waals surface area (Å²) in [6.07, 6.45) is 0. The van der Waals surface area contributed by atoms with Crippen LogP contribution in [0.15, 0.2) is 315 Å². The fraction of sp³-hybridized carbons (Fsp3) is 0. The molecule has 0 atom stereocenters. The monoisotopic (exact) mass is 1100 g/mol. The predicted octanol–water partition coefficient (Wildman–Crippen LogP) is 16.8. The average molecular weight is 1100 g/mol. The van der Waals surface area contributed by atoms with Crippen LogP contribution in [0.1, 0.15) is 0 Å². The molecule has 0 saturated carbocycles. The lowest BCUT2D eigenvalue weighted by Gasteiger charge is -2.45. The van der Waals surface area contributed by atoms with Gasteiger partial charge in [-0.05, 0) is 135 Å². The summed E-state index contributed by atoms with van der Waals surface area (Å²) >= 11 is 0. The van der Waals surface area contributed by atoms with Crippen molar-refractivity contribution in [2.75, 3.05) is 19.6 Å². The Morgan fingerprint density at radius 2 is 0.663 bits per heavy atom. The highest BCUT2D eigenvalue weighted by atomic mass is 16.5. The number of anilines is 12. The zero-order chi connectivity index (χ0) is 56.7. The molecule has 4 aliphatic rings. The number of para-hydroxylation sites is 8. The van der Waals surface area contributed by atoms with Crippen LogP contribution in [0.4, 0.5) is 68.2 Å². The standard InChI is InChI=1S/C78H52B2N4O2/c1-7-27-53(28-8-1)61-39-19-23-43-67(61)82(57-35-15-5-16-36-57)60-48-71-77-76(50-60)86-73-45-25-21-41-63(73)79(77)65-51-66-70(52-69(65)83(71)58-37-17-6-18-38-58)84(68-44-24-20-40-62(68)54-29-9-2-10-30-54)72-47-59(49-75-78(72)80(66)64-42-22-26-46-74(64)85-75)81(55-31-11-3-12-32-55)56-33-13-4-14-34-56/h1-52H. The van der Waals surface area contributed by atoms with Gasteiger partial charge in [-0.25, -0.2) is 0 Å². The van der Waals surface area contributed by atoms with E-state index in [0.29, 0.717) is 0 Å². The van der Waals surface area contributed by atoms with E-state index in [1.807, 2.05) is 0 Å². The van der Waals surface area contributed by atoms with Gasteiger partial charge in [0.15, 0.2) is 0 Å². The van der Waals surface area contributed by atoms with E-state index in [4.69, 9.17) is 9.47 Å². The Kier molecular flexibility index (Phi) is 11.7. The lowest BCUT2D eigenvalue weighted by Crippen LogP contribution is -2.63. The molecular weight excluding hydrogens is 1050 g/mol. The summed E-state index contributed by atoms with van der Waals surface area (Å²) in [6, 6.07) is 114. The summed E-state index contributed by atoms with van der Waals surface area (Å²) in [4.78, 5) is 9.79. The highest BCUT2D eigenvalue weighted by Crippen LogP contribution is 2.52. The van der Waals surface area contributed by atoms with Crippen molar-refractivity contribution < 1.29 is 9.47 Å². The highest BCUT2D eigenvalue weighted by Gasteiger charge is 2.48. The summed E-state index contributed by atoms with van der Waals surface area (Å²) in [5.41, 5.74) is 23.9. The van der Waals surface area contributed by atoms with Crippen LogP contribution in [0.25, 0.3) is 22.3 Å². The van der Waals surface area contributed by atoms with Crippen LogP contribution in [0.5, 0.6) is 23.0 Å². The second-order valence-corrected chi connectivity index (χ2v) is 22.3. The maximum absolute atomic E-state index is 7.32. The van der Waals surface area contributed by atoms with Gasteiger partial charge in [0.25, 0.3) is 13.4 Å². The Labute approximate surface area is 501 Å². The first-order valence-electron chi connectivity index (χ1n) is 29.5. The Balaban J connectivity index is 0.972. The number of rotatable bonds is 10. The van der Waals surface area contributed by atoms with Gasteiger partial charge < -0.3 is 29.1 Å². The molecule has 0 aromatic heterocycles. The Morgan fingerprint density at radius 3 is 1.22 bits per heavy atom. The van der Waals surface area contributed by atoms with Crippen LogP contribution >= 0.6 is 0 Å². The fourth-order valence-corrected chi connectivity index (χ4v) is 13.9. The highest BCUT2D eigenvalue weighted by molar-refractivity contribution is 7.02. The van der Waals surface area contributed by atoms with E-state index in [0.717, 1.165) is 135 Å². The first-order valence-corrected chi connectivity index (χ1v) is 29.5. The minimum atomic E-state index is -0.200. The molecular formula is C78H52B2N4O2. The molecule has 17 rings (SSSR count). The Hall–Kier alpha value is -11.2. The van der Waals surface area contributed by atoms with Crippen LogP contribution < -0.4 is 61.9 Å². The largest absolute Gasteiger partial charge is 0.458 e. The number of nitrogens with zero attached hydrogens (tertiary/aromatic N) is 4. The lowest BCUT2D eigenvalue weighted by molar-refractivity contribution is 0.487. The van der Waals surface area contributed by atoms with E-state index in [1.54, 1.807) is 0 Å². The first kappa shape index (κ1) is 49.4. The second kappa shape index (κ2) is 20.3. The van der Waals surface area contributed by atoms with Crippen molar-refractivity contribution in [2.24, 2.45) is 0 Å². The van der Waals surface area contributed by atoms with E-state index in [2.05, 4.69) is 335 Å². The molecule has 13 aromatic carbocycles. The van der Waals surface area contributed by atoms with Crippen LogP contribution in [0.3, 0.4) is 0 Å². The summed E-state index contributed by atoms with van der Waals surface area (Å²) in [6.45, 7) is -0.399. The van der Waals surface area contributed by atoms with Crippen LogP contribution in [-0.4, -0.2) is 13.4 Å². The number of fused-ring (bicyclic) bond motifs is 8. The summed E-state index contributed by atoms with van der Waals surface area (Å²) < 4.78 is 14.6.